The van der Waals surface area contributed by atoms with Crippen molar-refractivity contribution in [1.82, 2.24) is 4.90 Å². The fourth-order valence-corrected chi connectivity index (χ4v) is 3.89. The number of likely N-dealkylation sites (tertiary alicyclic amines) is 1. The third-order valence-corrected chi connectivity index (χ3v) is 5.32. The fraction of sp³-hybridized carbons (Fsp3) is 0.524. The highest BCUT2D eigenvalue weighted by molar-refractivity contribution is 5.84. The van der Waals surface area contributed by atoms with Gasteiger partial charge in [-0.05, 0) is 60.2 Å². The number of nitrogens with zero attached hydrogens (tertiary/aromatic N) is 1. The van der Waals surface area contributed by atoms with Crippen LogP contribution in [0, 0.1) is 5.92 Å². The van der Waals surface area contributed by atoms with Crippen LogP contribution in [0.5, 0.6) is 5.75 Å². The van der Waals surface area contributed by atoms with Crippen molar-refractivity contribution < 1.29 is 14.3 Å². The summed E-state index contributed by atoms with van der Waals surface area (Å²) in [6, 6.07) is 13.9. The number of hydrogen-bond donors (Lipinski definition) is 1. The normalized spacial score (nSPS) is 21.0. The largest absolute Gasteiger partial charge is 0.497 e. The van der Waals surface area contributed by atoms with Crippen molar-refractivity contribution >= 4 is 10.8 Å². The van der Waals surface area contributed by atoms with Crippen LogP contribution in [0.25, 0.3) is 10.8 Å². The van der Waals surface area contributed by atoms with Gasteiger partial charge in [-0.15, -0.1) is 0 Å². The Morgan fingerprint density at radius 2 is 1.85 bits per heavy atom. The summed E-state index contributed by atoms with van der Waals surface area (Å²) in [5, 5.41) is 2.56. The summed E-state index contributed by atoms with van der Waals surface area (Å²) in [4.78, 5) is 6.39. The zero-order chi connectivity index (χ0) is 18.4. The number of piperidine rings is 1. The first-order valence-corrected chi connectivity index (χ1v) is 9.35. The highest BCUT2D eigenvalue weighted by Crippen LogP contribution is 2.27. The second-order valence-corrected chi connectivity index (χ2v) is 7.18. The number of methoxy groups -OCH3 is 1. The number of nitrogens with two attached hydrogens (primary N) is 1. The maximum Gasteiger partial charge on any atom is 0.119 e. The van der Waals surface area contributed by atoms with Gasteiger partial charge in [0.1, 0.15) is 5.75 Å². The second kappa shape index (κ2) is 9.33. The molecule has 0 saturated carbocycles. The monoisotopic (exact) mass is 358 g/mol. The Kier molecular flexibility index (Phi) is 6.86. The summed E-state index contributed by atoms with van der Waals surface area (Å²) in [7, 11) is 3.12. The summed E-state index contributed by atoms with van der Waals surface area (Å²) in [5.41, 5.74) is 1.46. The average molecular weight is 358 g/mol. The molecule has 2 saturated heterocycles. The molecular weight excluding hydrogens is 328 g/mol. The summed E-state index contributed by atoms with van der Waals surface area (Å²) < 4.78 is 10.7. The van der Waals surface area contributed by atoms with Crippen LogP contribution in [0.3, 0.4) is 0 Å². The Bertz CT molecular complexity index is 703. The van der Waals surface area contributed by atoms with Gasteiger partial charge in [-0.1, -0.05) is 24.3 Å². The first-order valence-electron chi connectivity index (χ1n) is 9.35. The van der Waals surface area contributed by atoms with E-state index in [0.29, 0.717) is 6.04 Å². The van der Waals surface area contributed by atoms with Gasteiger partial charge in [0.05, 0.1) is 33.5 Å². The molecule has 4 rings (SSSR count). The van der Waals surface area contributed by atoms with Crippen molar-refractivity contribution in [3.63, 3.8) is 0 Å². The van der Waals surface area contributed by atoms with Crippen LogP contribution in [0.4, 0.5) is 0 Å². The molecule has 2 heterocycles. The Morgan fingerprint density at radius 3 is 2.54 bits per heavy atom. The van der Waals surface area contributed by atoms with Crippen molar-refractivity contribution in [2.24, 2.45) is 11.8 Å². The molecule has 0 aromatic heterocycles. The van der Waals surface area contributed by atoms with Crippen molar-refractivity contribution in [3.05, 3.63) is 42.0 Å². The standard InChI is InChI=1S/C20H25NO2.CH5NO/c1-22-20-7-6-17-10-15(4-5-18(17)11-20)9-16-3-2-8-21(12-16)19-13-23-14-19;1-3-2/h4-7,10-11,16,19H,2-3,8-9,12-14H2,1H3;2H2,1H3. The van der Waals surface area contributed by atoms with Crippen molar-refractivity contribution in [1.29, 1.82) is 0 Å². The minimum absolute atomic E-state index is 0.682. The van der Waals surface area contributed by atoms with Crippen molar-refractivity contribution in [2.45, 2.75) is 25.3 Å². The minimum atomic E-state index is 0.682. The molecule has 2 aromatic carbocycles. The van der Waals surface area contributed by atoms with E-state index in [0.717, 1.165) is 24.9 Å². The number of fused-ring (bicyclic) bond motifs is 1. The van der Waals surface area contributed by atoms with E-state index in [1.165, 1.54) is 55.8 Å². The maximum atomic E-state index is 5.36. The van der Waals surface area contributed by atoms with Crippen LogP contribution in [0.1, 0.15) is 18.4 Å². The number of benzene rings is 2. The highest BCUT2D eigenvalue weighted by atomic mass is 16.6. The topological polar surface area (TPSA) is 57.0 Å². The smallest absolute Gasteiger partial charge is 0.119 e. The third-order valence-electron chi connectivity index (χ3n) is 5.32. The number of rotatable bonds is 4. The first-order chi connectivity index (χ1) is 12.7. The molecule has 2 aliphatic rings. The number of ether oxygens (including phenoxy) is 2. The van der Waals surface area contributed by atoms with Gasteiger partial charge in [-0.25, -0.2) is 5.90 Å². The quantitative estimate of drug-likeness (QED) is 0.852. The van der Waals surface area contributed by atoms with Gasteiger partial charge in [-0.3, -0.25) is 4.90 Å². The number of hydrogen-bond acceptors (Lipinski definition) is 5. The van der Waals surface area contributed by atoms with Crippen LogP contribution in [-0.4, -0.2) is 51.5 Å². The summed E-state index contributed by atoms with van der Waals surface area (Å²) >= 11 is 0. The van der Waals surface area contributed by atoms with E-state index in [4.69, 9.17) is 9.47 Å². The van der Waals surface area contributed by atoms with Crippen LogP contribution in [-0.2, 0) is 16.0 Å². The average Bonchev–Trinajstić information content (AvgIpc) is 2.61. The molecule has 0 radical (unpaired) electrons. The zero-order valence-electron chi connectivity index (χ0n) is 15.8. The Morgan fingerprint density at radius 1 is 1.12 bits per heavy atom. The van der Waals surface area contributed by atoms with E-state index >= 15 is 0 Å². The molecule has 1 unspecified atom stereocenters. The molecule has 26 heavy (non-hydrogen) atoms. The van der Waals surface area contributed by atoms with Gasteiger partial charge in [0.15, 0.2) is 0 Å². The fourth-order valence-electron chi connectivity index (χ4n) is 3.89. The van der Waals surface area contributed by atoms with E-state index in [1.54, 1.807) is 7.11 Å². The van der Waals surface area contributed by atoms with Gasteiger partial charge < -0.3 is 14.3 Å². The molecule has 2 fully saturated rings. The first kappa shape index (κ1) is 19.1. The van der Waals surface area contributed by atoms with Gasteiger partial charge in [0.25, 0.3) is 0 Å². The second-order valence-electron chi connectivity index (χ2n) is 7.18. The molecule has 2 aromatic rings. The molecule has 0 amide bonds. The van der Waals surface area contributed by atoms with Gasteiger partial charge >= 0.3 is 0 Å². The van der Waals surface area contributed by atoms with Crippen LogP contribution in [0.2, 0.25) is 0 Å². The molecule has 142 valence electrons. The van der Waals surface area contributed by atoms with Crippen LogP contribution >= 0.6 is 0 Å². The molecule has 2 N–H and O–H groups in total. The summed E-state index contributed by atoms with van der Waals surface area (Å²) in [6.07, 6.45) is 3.86. The lowest BCUT2D eigenvalue weighted by atomic mass is 9.89. The predicted molar refractivity (Wildman–Crippen MR) is 104 cm³/mol. The van der Waals surface area contributed by atoms with Crippen molar-refractivity contribution in [2.75, 3.05) is 40.5 Å². The Hall–Kier alpha value is -1.66. The molecule has 0 bridgehead atoms. The van der Waals surface area contributed by atoms with Crippen molar-refractivity contribution in [3.8, 4) is 5.75 Å². The highest BCUT2D eigenvalue weighted by Gasteiger charge is 2.30. The zero-order valence-corrected chi connectivity index (χ0v) is 15.8. The maximum absolute atomic E-state index is 5.36. The third kappa shape index (κ3) is 4.74. The molecule has 5 heteroatoms. The molecule has 5 nitrogen and oxygen atoms in total. The van der Waals surface area contributed by atoms with Crippen LogP contribution in [0.15, 0.2) is 36.4 Å². The lowest BCUT2D eigenvalue weighted by Gasteiger charge is -2.42. The lowest BCUT2D eigenvalue weighted by Crippen LogP contribution is -2.52. The van der Waals surface area contributed by atoms with E-state index in [1.807, 2.05) is 6.07 Å². The van der Waals surface area contributed by atoms with E-state index in [2.05, 4.69) is 46.0 Å². The van der Waals surface area contributed by atoms with E-state index in [9.17, 15) is 0 Å². The Labute approximate surface area is 156 Å². The molecular formula is C21H30N2O3. The Balaban J connectivity index is 0.000000613. The van der Waals surface area contributed by atoms with E-state index in [-0.39, 0.29) is 0 Å². The summed E-state index contributed by atoms with van der Waals surface area (Å²) in [5.74, 6) is 6.05. The van der Waals surface area contributed by atoms with E-state index < -0.39 is 0 Å². The predicted octanol–water partition coefficient (Wildman–Crippen LogP) is 3.01. The minimum Gasteiger partial charge on any atom is -0.497 e. The summed E-state index contributed by atoms with van der Waals surface area (Å²) in [6.45, 7) is 4.35. The van der Waals surface area contributed by atoms with Gasteiger partial charge in [0, 0.05) is 6.54 Å². The molecule has 1 atom stereocenters. The molecule has 0 spiro atoms. The molecule has 2 aliphatic heterocycles. The van der Waals surface area contributed by atoms with Crippen LogP contribution < -0.4 is 10.6 Å². The molecule has 0 aliphatic carbocycles. The SMILES string of the molecule is CON.COc1ccc2cc(CC3CCCN(C4COC4)C3)ccc2c1. The van der Waals surface area contributed by atoms with Gasteiger partial charge in [0.2, 0.25) is 0 Å². The lowest BCUT2D eigenvalue weighted by molar-refractivity contribution is -0.0761. The van der Waals surface area contributed by atoms with Gasteiger partial charge in [-0.2, -0.15) is 0 Å².